The molecule has 0 amide bonds. The Kier molecular flexibility index (Phi) is 4.24. The van der Waals surface area contributed by atoms with Gasteiger partial charge in [-0.15, -0.1) is 0 Å². The summed E-state index contributed by atoms with van der Waals surface area (Å²) in [5.41, 5.74) is 0.789. The van der Waals surface area contributed by atoms with Crippen molar-refractivity contribution in [3.8, 4) is 17.2 Å². The zero-order valence-corrected chi connectivity index (χ0v) is 11.9. The third kappa shape index (κ3) is 2.90. The first kappa shape index (κ1) is 13.9. The van der Waals surface area contributed by atoms with Crippen LogP contribution in [0.1, 0.15) is 5.82 Å². The maximum Gasteiger partial charge on any atom is 0.203 e. The largest absolute Gasteiger partial charge is 0.493 e. The molecule has 2 aromatic rings. The predicted octanol–water partition coefficient (Wildman–Crippen LogP) is 2.55. The minimum Gasteiger partial charge on any atom is -0.493 e. The van der Waals surface area contributed by atoms with Crippen molar-refractivity contribution in [2.45, 2.75) is 6.92 Å². The van der Waals surface area contributed by atoms with E-state index in [0.29, 0.717) is 28.9 Å². The number of rotatable bonds is 5. The molecule has 0 bridgehead atoms. The second kappa shape index (κ2) is 6.10. The molecule has 20 heavy (non-hydrogen) atoms. The lowest BCUT2D eigenvalue weighted by Crippen LogP contribution is -1.99. The number of aromatic nitrogens is 2. The monoisotopic (exact) mass is 275 g/mol. The molecule has 0 aliphatic carbocycles. The van der Waals surface area contributed by atoms with E-state index in [1.54, 1.807) is 33.6 Å². The van der Waals surface area contributed by atoms with Gasteiger partial charge in [-0.3, -0.25) is 0 Å². The SMILES string of the molecule is COc1cc(Nc2ccnc(C)n2)cc(OC)c1OC. The van der Waals surface area contributed by atoms with Gasteiger partial charge in [0.2, 0.25) is 5.75 Å². The normalized spacial score (nSPS) is 10.0. The number of nitrogens with one attached hydrogen (secondary N) is 1. The minimum atomic E-state index is 0.555. The second-order valence-electron chi connectivity index (χ2n) is 4.03. The Morgan fingerprint density at radius 1 is 1.00 bits per heavy atom. The molecule has 6 heteroatoms. The van der Waals surface area contributed by atoms with E-state index in [-0.39, 0.29) is 0 Å². The quantitative estimate of drug-likeness (QED) is 0.904. The van der Waals surface area contributed by atoms with Crippen LogP contribution in [0.25, 0.3) is 0 Å². The highest BCUT2D eigenvalue weighted by Crippen LogP contribution is 2.40. The molecule has 0 fully saturated rings. The predicted molar refractivity (Wildman–Crippen MR) is 76.1 cm³/mol. The van der Waals surface area contributed by atoms with E-state index in [2.05, 4.69) is 15.3 Å². The van der Waals surface area contributed by atoms with E-state index in [9.17, 15) is 0 Å². The van der Waals surface area contributed by atoms with Gasteiger partial charge in [0.15, 0.2) is 11.5 Å². The van der Waals surface area contributed by atoms with Crippen molar-refractivity contribution in [1.82, 2.24) is 9.97 Å². The molecule has 1 aromatic carbocycles. The minimum absolute atomic E-state index is 0.555. The molecule has 0 aliphatic rings. The van der Waals surface area contributed by atoms with Crippen LogP contribution in [0, 0.1) is 6.92 Å². The molecule has 0 unspecified atom stereocenters. The lowest BCUT2D eigenvalue weighted by molar-refractivity contribution is 0.324. The molecule has 0 atom stereocenters. The van der Waals surface area contributed by atoms with Gasteiger partial charge in [-0.2, -0.15) is 0 Å². The zero-order valence-electron chi connectivity index (χ0n) is 11.9. The maximum absolute atomic E-state index is 5.30. The van der Waals surface area contributed by atoms with Crippen molar-refractivity contribution in [2.75, 3.05) is 26.6 Å². The second-order valence-corrected chi connectivity index (χ2v) is 4.03. The number of hydrogen-bond acceptors (Lipinski definition) is 6. The van der Waals surface area contributed by atoms with Crippen LogP contribution < -0.4 is 19.5 Å². The van der Waals surface area contributed by atoms with Gasteiger partial charge in [-0.1, -0.05) is 0 Å². The van der Waals surface area contributed by atoms with Crippen LogP contribution in [-0.4, -0.2) is 31.3 Å². The number of ether oxygens (including phenoxy) is 3. The number of aryl methyl sites for hydroxylation is 1. The Bertz CT molecular complexity index is 577. The van der Waals surface area contributed by atoms with Crippen LogP contribution in [0.15, 0.2) is 24.4 Å². The molecule has 6 nitrogen and oxygen atoms in total. The number of benzene rings is 1. The highest BCUT2D eigenvalue weighted by Gasteiger charge is 2.13. The van der Waals surface area contributed by atoms with Crippen LogP contribution >= 0.6 is 0 Å². The van der Waals surface area contributed by atoms with Crippen molar-refractivity contribution >= 4 is 11.5 Å². The van der Waals surface area contributed by atoms with E-state index in [0.717, 1.165) is 5.69 Å². The van der Waals surface area contributed by atoms with Crippen LogP contribution in [0.5, 0.6) is 17.2 Å². The van der Waals surface area contributed by atoms with Crippen molar-refractivity contribution in [1.29, 1.82) is 0 Å². The molecule has 1 aromatic heterocycles. The summed E-state index contributed by atoms with van der Waals surface area (Å²) in [5, 5.41) is 3.18. The van der Waals surface area contributed by atoms with Gasteiger partial charge < -0.3 is 19.5 Å². The van der Waals surface area contributed by atoms with E-state index < -0.39 is 0 Å². The summed E-state index contributed by atoms with van der Waals surface area (Å²) < 4.78 is 15.9. The van der Waals surface area contributed by atoms with Crippen molar-refractivity contribution in [3.63, 3.8) is 0 Å². The number of methoxy groups -OCH3 is 3. The fraction of sp³-hybridized carbons (Fsp3) is 0.286. The summed E-state index contributed by atoms with van der Waals surface area (Å²) in [6.45, 7) is 1.83. The van der Waals surface area contributed by atoms with E-state index in [4.69, 9.17) is 14.2 Å². The lowest BCUT2D eigenvalue weighted by atomic mass is 10.2. The third-order valence-electron chi connectivity index (χ3n) is 2.71. The first-order valence-electron chi connectivity index (χ1n) is 6.04. The average Bonchev–Trinajstić information content (AvgIpc) is 2.46. The van der Waals surface area contributed by atoms with Crippen LogP contribution in [-0.2, 0) is 0 Å². The van der Waals surface area contributed by atoms with Gasteiger partial charge >= 0.3 is 0 Å². The average molecular weight is 275 g/mol. The van der Waals surface area contributed by atoms with Crippen LogP contribution in [0.2, 0.25) is 0 Å². The summed E-state index contributed by atoms with van der Waals surface area (Å²) in [6.07, 6.45) is 1.70. The van der Waals surface area contributed by atoms with Gasteiger partial charge in [0.05, 0.1) is 21.3 Å². The molecule has 106 valence electrons. The molecule has 0 saturated carbocycles. The van der Waals surface area contributed by atoms with Gasteiger partial charge in [-0.05, 0) is 13.0 Å². The Morgan fingerprint density at radius 3 is 2.15 bits per heavy atom. The molecule has 0 radical (unpaired) electrons. The smallest absolute Gasteiger partial charge is 0.203 e. The highest BCUT2D eigenvalue weighted by molar-refractivity contribution is 5.66. The summed E-state index contributed by atoms with van der Waals surface area (Å²) >= 11 is 0. The topological polar surface area (TPSA) is 65.5 Å². The Hall–Kier alpha value is -2.50. The summed E-state index contributed by atoms with van der Waals surface area (Å²) in [7, 11) is 4.73. The molecule has 0 spiro atoms. The molecular formula is C14H17N3O3. The fourth-order valence-corrected chi connectivity index (χ4v) is 1.83. The number of anilines is 2. The lowest BCUT2D eigenvalue weighted by Gasteiger charge is -2.14. The van der Waals surface area contributed by atoms with Crippen molar-refractivity contribution in [2.24, 2.45) is 0 Å². The van der Waals surface area contributed by atoms with Crippen molar-refractivity contribution in [3.05, 3.63) is 30.2 Å². The summed E-state index contributed by atoms with van der Waals surface area (Å²) in [6, 6.07) is 5.42. The maximum atomic E-state index is 5.30. The number of nitrogens with zero attached hydrogens (tertiary/aromatic N) is 2. The van der Waals surface area contributed by atoms with Gasteiger partial charge in [0.25, 0.3) is 0 Å². The van der Waals surface area contributed by atoms with E-state index in [1.807, 2.05) is 19.1 Å². The molecule has 1 N–H and O–H groups in total. The highest BCUT2D eigenvalue weighted by atomic mass is 16.5. The third-order valence-corrected chi connectivity index (χ3v) is 2.71. The first-order valence-corrected chi connectivity index (χ1v) is 6.04. The van der Waals surface area contributed by atoms with Crippen LogP contribution in [0.3, 0.4) is 0 Å². The molecule has 0 saturated heterocycles. The summed E-state index contributed by atoms with van der Waals surface area (Å²) in [5.74, 6) is 3.12. The van der Waals surface area contributed by atoms with E-state index >= 15 is 0 Å². The molecular weight excluding hydrogens is 258 g/mol. The molecule has 2 rings (SSSR count). The van der Waals surface area contributed by atoms with Crippen molar-refractivity contribution < 1.29 is 14.2 Å². The van der Waals surface area contributed by atoms with E-state index in [1.165, 1.54) is 0 Å². The molecule has 0 aliphatic heterocycles. The Labute approximate surface area is 117 Å². The van der Waals surface area contributed by atoms with Gasteiger partial charge in [-0.25, -0.2) is 9.97 Å². The van der Waals surface area contributed by atoms with Crippen LogP contribution in [0.4, 0.5) is 11.5 Å². The Balaban J connectivity index is 2.37. The fourth-order valence-electron chi connectivity index (χ4n) is 1.83. The first-order chi connectivity index (χ1) is 9.67. The summed E-state index contributed by atoms with van der Waals surface area (Å²) in [4.78, 5) is 8.34. The Morgan fingerprint density at radius 2 is 1.65 bits per heavy atom. The standard InChI is InChI=1S/C14H17N3O3/c1-9-15-6-5-13(16-9)17-10-7-11(18-2)14(20-4)12(8-10)19-3/h5-8H,1-4H3,(H,15,16,17). The van der Waals surface area contributed by atoms with Gasteiger partial charge in [0, 0.05) is 24.0 Å². The zero-order chi connectivity index (χ0) is 14.5. The number of hydrogen-bond donors (Lipinski definition) is 1. The molecule has 1 heterocycles. The van der Waals surface area contributed by atoms with Gasteiger partial charge in [0.1, 0.15) is 11.6 Å².